The van der Waals surface area contributed by atoms with E-state index in [1.165, 1.54) is 16.3 Å². The molecule has 3 heteroatoms. The summed E-state index contributed by atoms with van der Waals surface area (Å²) in [6, 6.07) is 8.39. The van der Waals surface area contributed by atoms with E-state index < -0.39 is 0 Å². The topological polar surface area (TPSA) is 28.2 Å². The lowest BCUT2D eigenvalue weighted by Crippen LogP contribution is -2.18. The van der Waals surface area contributed by atoms with Gasteiger partial charge in [0, 0.05) is 31.7 Å². The lowest BCUT2D eigenvalue weighted by Gasteiger charge is -2.19. The van der Waals surface area contributed by atoms with Crippen molar-refractivity contribution in [1.29, 1.82) is 0 Å². The monoisotopic (exact) mass is 241 g/mol. The molecule has 0 fully saturated rings. The van der Waals surface area contributed by atoms with E-state index in [1.807, 2.05) is 26.4 Å². The minimum atomic E-state index is 0.794. The molecule has 18 heavy (non-hydrogen) atoms. The van der Waals surface area contributed by atoms with E-state index in [1.54, 1.807) is 0 Å². The second kappa shape index (κ2) is 5.65. The van der Waals surface area contributed by atoms with E-state index in [-0.39, 0.29) is 0 Å². The van der Waals surface area contributed by atoms with Gasteiger partial charge >= 0.3 is 0 Å². The van der Waals surface area contributed by atoms with Crippen LogP contribution in [0.25, 0.3) is 10.8 Å². The molecule has 2 aromatic rings. The van der Waals surface area contributed by atoms with Crippen molar-refractivity contribution >= 4 is 16.6 Å². The van der Waals surface area contributed by atoms with Gasteiger partial charge in [-0.3, -0.25) is 0 Å². The minimum Gasteiger partial charge on any atom is -0.355 e. The Morgan fingerprint density at radius 2 is 2.06 bits per heavy atom. The molecule has 0 bridgehead atoms. The average molecular weight is 241 g/mol. The Balaban J connectivity index is 2.56. The van der Waals surface area contributed by atoms with Crippen molar-refractivity contribution in [3.05, 3.63) is 48.7 Å². The largest absolute Gasteiger partial charge is 0.355 e. The molecule has 0 aliphatic heterocycles. The first-order valence-corrected chi connectivity index (χ1v) is 6.11. The second-order valence-corrected chi connectivity index (χ2v) is 4.35. The molecule has 1 heterocycles. The van der Waals surface area contributed by atoms with Crippen LogP contribution in [0, 0.1) is 0 Å². The number of aromatic nitrogens is 1. The number of rotatable bonds is 5. The molecular weight excluding hydrogens is 222 g/mol. The third kappa shape index (κ3) is 2.36. The first kappa shape index (κ1) is 12.6. The summed E-state index contributed by atoms with van der Waals surface area (Å²) < 4.78 is 0. The number of hydrogen-bond acceptors (Lipinski definition) is 3. The zero-order chi connectivity index (χ0) is 13.0. The van der Waals surface area contributed by atoms with Crippen molar-refractivity contribution < 1.29 is 0 Å². The van der Waals surface area contributed by atoms with Crippen LogP contribution < -0.4 is 10.2 Å². The number of benzene rings is 1. The van der Waals surface area contributed by atoms with Crippen LogP contribution >= 0.6 is 0 Å². The minimum absolute atomic E-state index is 0.794. The number of nitrogens with zero attached hydrogens (tertiary/aromatic N) is 2. The summed E-state index contributed by atoms with van der Waals surface area (Å²) >= 11 is 0. The SMILES string of the molecule is C=CCN(C)c1ncc(CNC)c2ccccc12. The molecule has 1 N–H and O–H groups in total. The number of fused-ring (bicyclic) bond motifs is 1. The molecule has 2 rings (SSSR count). The van der Waals surface area contributed by atoms with Crippen LogP contribution in [-0.4, -0.2) is 25.6 Å². The van der Waals surface area contributed by atoms with Crippen LogP contribution in [0.2, 0.25) is 0 Å². The summed E-state index contributed by atoms with van der Waals surface area (Å²) in [5, 5.41) is 5.63. The van der Waals surface area contributed by atoms with Crippen LogP contribution in [0.15, 0.2) is 43.1 Å². The summed E-state index contributed by atoms with van der Waals surface area (Å²) in [5.41, 5.74) is 1.23. The standard InChI is InChI=1S/C15H19N3/c1-4-9-18(3)15-14-8-6-5-7-13(14)12(10-16-2)11-17-15/h4-8,11,16H,1,9-10H2,2-3H3. The molecule has 0 saturated heterocycles. The Labute approximate surface area is 108 Å². The molecular formula is C15H19N3. The maximum Gasteiger partial charge on any atom is 0.136 e. The van der Waals surface area contributed by atoms with Crippen LogP contribution in [0.5, 0.6) is 0 Å². The number of nitrogens with one attached hydrogen (secondary N) is 1. The van der Waals surface area contributed by atoms with Gasteiger partial charge < -0.3 is 10.2 Å². The number of hydrogen-bond donors (Lipinski definition) is 1. The molecule has 94 valence electrons. The van der Waals surface area contributed by atoms with Crippen molar-refractivity contribution in [2.75, 3.05) is 25.5 Å². The summed E-state index contributed by atoms with van der Waals surface area (Å²) in [7, 11) is 3.99. The Bertz CT molecular complexity index is 548. The molecule has 1 aromatic heterocycles. The highest BCUT2D eigenvalue weighted by Crippen LogP contribution is 2.26. The van der Waals surface area contributed by atoms with Crippen LogP contribution in [0.3, 0.4) is 0 Å². The first-order chi connectivity index (χ1) is 8.77. The molecule has 0 unspecified atom stereocenters. The fourth-order valence-corrected chi connectivity index (χ4v) is 2.15. The van der Waals surface area contributed by atoms with Crippen molar-refractivity contribution in [2.24, 2.45) is 0 Å². The fourth-order valence-electron chi connectivity index (χ4n) is 2.15. The highest BCUT2D eigenvalue weighted by atomic mass is 15.2. The van der Waals surface area contributed by atoms with E-state index >= 15 is 0 Å². The van der Waals surface area contributed by atoms with Gasteiger partial charge in [-0.15, -0.1) is 6.58 Å². The average Bonchev–Trinajstić information content (AvgIpc) is 2.39. The van der Waals surface area contributed by atoms with Gasteiger partial charge in [-0.25, -0.2) is 4.98 Å². The lowest BCUT2D eigenvalue weighted by molar-refractivity contribution is 0.819. The number of pyridine rings is 1. The Kier molecular flexibility index (Phi) is 3.95. The Morgan fingerprint density at radius 3 is 2.72 bits per heavy atom. The van der Waals surface area contributed by atoms with Crippen LogP contribution in [0.4, 0.5) is 5.82 Å². The third-order valence-corrected chi connectivity index (χ3v) is 2.99. The fraction of sp³-hybridized carbons (Fsp3) is 0.267. The van der Waals surface area contributed by atoms with E-state index in [9.17, 15) is 0 Å². The van der Waals surface area contributed by atoms with Crippen molar-refractivity contribution in [3.63, 3.8) is 0 Å². The zero-order valence-electron chi connectivity index (χ0n) is 11.0. The Morgan fingerprint density at radius 1 is 1.33 bits per heavy atom. The molecule has 0 radical (unpaired) electrons. The normalized spacial score (nSPS) is 10.6. The summed E-state index contributed by atoms with van der Waals surface area (Å²) in [5.74, 6) is 1.00. The highest BCUT2D eigenvalue weighted by molar-refractivity contribution is 5.94. The number of anilines is 1. The van der Waals surface area contributed by atoms with Gasteiger partial charge in [-0.2, -0.15) is 0 Å². The first-order valence-electron chi connectivity index (χ1n) is 6.11. The van der Waals surface area contributed by atoms with Gasteiger partial charge in [-0.1, -0.05) is 30.3 Å². The van der Waals surface area contributed by atoms with Crippen molar-refractivity contribution in [1.82, 2.24) is 10.3 Å². The molecule has 0 saturated carbocycles. The van der Waals surface area contributed by atoms with E-state index in [2.05, 4.69) is 46.0 Å². The predicted molar refractivity (Wildman–Crippen MR) is 78.0 cm³/mol. The van der Waals surface area contributed by atoms with Gasteiger partial charge in [-0.05, 0) is 18.0 Å². The molecule has 0 amide bonds. The van der Waals surface area contributed by atoms with Gasteiger partial charge in [0.1, 0.15) is 5.82 Å². The van der Waals surface area contributed by atoms with Gasteiger partial charge in [0.2, 0.25) is 0 Å². The maximum absolute atomic E-state index is 4.58. The zero-order valence-corrected chi connectivity index (χ0v) is 11.0. The maximum atomic E-state index is 4.58. The van der Waals surface area contributed by atoms with E-state index in [0.717, 1.165) is 18.9 Å². The van der Waals surface area contributed by atoms with Crippen molar-refractivity contribution in [2.45, 2.75) is 6.54 Å². The van der Waals surface area contributed by atoms with E-state index in [4.69, 9.17) is 0 Å². The Hall–Kier alpha value is -1.87. The lowest BCUT2D eigenvalue weighted by atomic mass is 10.1. The number of likely N-dealkylation sites (N-methyl/N-ethyl adjacent to an activating group) is 1. The molecule has 0 aliphatic carbocycles. The van der Waals surface area contributed by atoms with E-state index in [0.29, 0.717) is 0 Å². The van der Waals surface area contributed by atoms with Crippen LogP contribution in [0.1, 0.15) is 5.56 Å². The van der Waals surface area contributed by atoms with Gasteiger partial charge in [0.05, 0.1) is 0 Å². The predicted octanol–water partition coefficient (Wildman–Crippen LogP) is 2.58. The third-order valence-electron chi connectivity index (χ3n) is 2.99. The molecule has 0 aliphatic rings. The molecule has 0 atom stereocenters. The summed E-state index contributed by atoms with van der Waals surface area (Å²) in [6.07, 6.45) is 3.84. The molecule has 0 spiro atoms. The second-order valence-electron chi connectivity index (χ2n) is 4.35. The summed E-state index contributed by atoms with van der Waals surface area (Å²) in [6.45, 7) is 5.40. The molecule has 3 nitrogen and oxygen atoms in total. The quantitative estimate of drug-likeness (QED) is 0.815. The highest BCUT2D eigenvalue weighted by Gasteiger charge is 2.09. The molecule has 1 aromatic carbocycles. The smallest absolute Gasteiger partial charge is 0.136 e. The van der Waals surface area contributed by atoms with Gasteiger partial charge in [0.25, 0.3) is 0 Å². The summed E-state index contributed by atoms with van der Waals surface area (Å²) in [4.78, 5) is 6.69. The van der Waals surface area contributed by atoms with Crippen LogP contribution in [-0.2, 0) is 6.54 Å². The van der Waals surface area contributed by atoms with Gasteiger partial charge in [0.15, 0.2) is 0 Å². The van der Waals surface area contributed by atoms with Crippen molar-refractivity contribution in [3.8, 4) is 0 Å².